The van der Waals surface area contributed by atoms with Crippen LogP contribution in [-0.4, -0.2) is 96.7 Å². The van der Waals surface area contributed by atoms with E-state index in [1.807, 2.05) is 0 Å². The number of phosphoric acid groups is 2. The number of ether oxygens (including phenoxy) is 4. The molecule has 0 aromatic rings. The molecule has 0 saturated heterocycles. The van der Waals surface area contributed by atoms with Crippen molar-refractivity contribution in [3.05, 3.63) is 48.6 Å². The van der Waals surface area contributed by atoms with Crippen LogP contribution in [-0.2, 0) is 65.4 Å². The number of aliphatic hydroxyl groups excluding tert-OH is 1. The van der Waals surface area contributed by atoms with Crippen molar-refractivity contribution in [3.63, 3.8) is 0 Å². The summed E-state index contributed by atoms with van der Waals surface area (Å²) >= 11 is 0. The average Bonchev–Trinajstić information content (AvgIpc) is 1.02. The van der Waals surface area contributed by atoms with Crippen molar-refractivity contribution < 1.29 is 80.2 Å². The number of aliphatic hydroxyl groups is 1. The lowest BCUT2D eigenvalue weighted by molar-refractivity contribution is -0.161. The summed E-state index contributed by atoms with van der Waals surface area (Å²) in [5.74, 6) is -0.628. The van der Waals surface area contributed by atoms with Crippen LogP contribution in [0.25, 0.3) is 0 Å². The SMILES string of the molecule is CCCCCC/C=C\C=C/CCCCCCCC(=O)OC[C@H](COP(=O)(O)OC[C@@H](O)COP(=O)(O)OC[C@@H](COC(=O)CCCCCCCCC(C)C)OC(=O)CCCCCCCCCCCCCCCCCCCCC(C)CC)OC(=O)CCCCCCC/C=C\C=C/CCCCCC. The van der Waals surface area contributed by atoms with Gasteiger partial charge in [-0.25, -0.2) is 9.13 Å². The largest absolute Gasteiger partial charge is 0.472 e. The molecule has 6 atom stereocenters. The normalized spacial score (nSPS) is 14.5. The van der Waals surface area contributed by atoms with E-state index < -0.39 is 97.5 Å². The molecule has 0 bridgehead atoms. The van der Waals surface area contributed by atoms with E-state index in [2.05, 4.69) is 90.2 Å². The lowest BCUT2D eigenvalue weighted by atomic mass is 9.99. The van der Waals surface area contributed by atoms with Gasteiger partial charge in [0.15, 0.2) is 12.2 Å². The summed E-state index contributed by atoms with van der Waals surface area (Å²) in [5, 5.41) is 10.6. The molecule has 592 valence electrons. The van der Waals surface area contributed by atoms with Crippen LogP contribution in [0.3, 0.4) is 0 Å². The predicted octanol–water partition coefficient (Wildman–Crippen LogP) is 23.8. The first-order chi connectivity index (χ1) is 48.9. The van der Waals surface area contributed by atoms with E-state index in [1.165, 1.54) is 161 Å². The number of hydrogen-bond acceptors (Lipinski definition) is 15. The van der Waals surface area contributed by atoms with Crippen LogP contribution in [0.4, 0.5) is 0 Å². The molecule has 0 aromatic heterocycles. The molecule has 0 spiro atoms. The lowest BCUT2D eigenvalue weighted by Gasteiger charge is -2.21. The minimum absolute atomic E-state index is 0.0781. The summed E-state index contributed by atoms with van der Waals surface area (Å²) in [6, 6.07) is 0. The maximum Gasteiger partial charge on any atom is 0.472 e. The minimum atomic E-state index is -4.98. The predicted molar refractivity (Wildman–Crippen MR) is 413 cm³/mol. The highest BCUT2D eigenvalue weighted by Crippen LogP contribution is 2.45. The number of allylic oxidation sites excluding steroid dienone is 8. The summed E-state index contributed by atoms with van der Waals surface area (Å²) < 4.78 is 68.6. The zero-order valence-corrected chi connectivity index (χ0v) is 67.0. The third-order valence-corrected chi connectivity index (χ3v) is 20.2. The Morgan fingerprint density at radius 2 is 0.584 bits per heavy atom. The molecule has 0 amide bonds. The van der Waals surface area contributed by atoms with E-state index in [0.29, 0.717) is 31.6 Å². The molecule has 0 aliphatic carbocycles. The average molecular weight is 1470 g/mol. The summed E-state index contributed by atoms with van der Waals surface area (Å²) in [5.41, 5.74) is 0. The van der Waals surface area contributed by atoms with Crippen LogP contribution < -0.4 is 0 Å². The van der Waals surface area contributed by atoms with Gasteiger partial charge in [-0.05, 0) is 88.9 Å². The smallest absolute Gasteiger partial charge is 0.462 e. The van der Waals surface area contributed by atoms with E-state index in [0.717, 1.165) is 134 Å². The second-order valence-electron chi connectivity index (χ2n) is 28.9. The van der Waals surface area contributed by atoms with Crippen molar-refractivity contribution in [2.75, 3.05) is 39.6 Å². The zero-order valence-electron chi connectivity index (χ0n) is 65.2. The number of esters is 4. The molecule has 101 heavy (non-hydrogen) atoms. The molecular formula is C82H152O17P2. The second kappa shape index (κ2) is 72.6. The number of unbranched alkanes of at least 4 members (excludes halogenated alkanes) is 40. The van der Waals surface area contributed by atoms with Crippen molar-refractivity contribution in [3.8, 4) is 0 Å². The molecule has 0 aromatic carbocycles. The summed E-state index contributed by atoms with van der Waals surface area (Å²) in [6.45, 7) is 9.48. The molecule has 0 rings (SSSR count). The molecule has 3 N–H and O–H groups in total. The number of hydrogen-bond donors (Lipinski definition) is 3. The van der Waals surface area contributed by atoms with E-state index in [-0.39, 0.29) is 25.7 Å². The van der Waals surface area contributed by atoms with Crippen molar-refractivity contribution in [2.45, 2.75) is 400 Å². The van der Waals surface area contributed by atoms with Gasteiger partial charge in [0.05, 0.1) is 26.4 Å². The quantitative estimate of drug-likeness (QED) is 0.0169. The minimum Gasteiger partial charge on any atom is -0.462 e. The number of rotatable bonds is 77. The first kappa shape index (κ1) is 98.0. The molecule has 0 aliphatic rings. The van der Waals surface area contributed by atoms with Crippen LogP contribution in [0.15, 0.2) is 48.6 Å². The van der Waals surface area contributed by atoms with E-state index in [1.54, 1.807) is 0 Å². The van der Waals surface area contributed by atoms with Gasteiger partial charge in [0.2, 0.25) is 0 Å². The zero-order chi connectivity index (χ0) is 74.2. The van der Waals surface area contributed by atoms with E-state index >= 15 is 0 Å². The van der Waals surface area contributed by atoms with Crippen molar-refractivity contribution in [1.29, 1.82) is 0 Å². The first-order valence-electron chi connectivity index (χ1n) is 41.2. The van der Waals surface area contributed by atoms with Gasteiger partial charge in [0, 0.05) is 25.7 Å². The van der Waals surface area contributed by atoms with Crippen LogP contribution in [0.2, 0.25) is 0 Å². The second-order valence-corrected chi connectivity index (χ2v) is 31.8. The fourth-order valence-corrected chi connectivity index (χ4v) is 13.2. The van der Waals surface area contributed by atoms with Gasteiger partial charge in [-0.1, -0.05) is 328 Å². The van der Waals surface area contributed by atoms with Crippen molar-refractivity contribution >= 4 is 39.5 Å². The Morgan fingerprint density at radius 1 is 0.327 bits per heavy atom. The molecule has 0 aliphatic heterocycles. The molecular weight excluding hydrogens is 1320 g/mol. The molecule has 0 fully saturated rings. The van der Waals surface area contributed by atoms with Crippen LogP contribution in [0.5, 0.6) is 0 Å². The third-order valence-electron chi connectivity index (χ3n) is 18.3. The van der Waals surface area contributed by atoms with Gasteiger partial charge in [0.25, 0.3) is 0 Å². The maximum absolute atomic E-state index is 13.1. The maximum atomic E-state index is 13.1. The monoisotopic (exact) mass is 1470 g/mol. The highest BCUT2D eigenvalue weighted by Gasteiger charge is 2.30. The fraction of sp³-hybridized carbons (Fsp3) is 0.854. The Balaban J connectivity index is 5.24. The standard InChI is InChI=1S/C82H152O17P2/c1-7-10-12-14-16-18-20-22-28-33-37-41-45-52-58-64-79(84)92-70-77(98-81(86)66-60-54-46-42-38-34-29-23-21-19-17-15-13-11-8-2)72-96-100(88,89)94-68-76(83)69-95-101(90,91)97-73-78(71-93-80(85)65-59-53-49-48-50-56-62-74(4)5)99-82(87)67-61-55-47-43-39-35-31-27-25-24-26-30-32-36-40-44-51-57-63-75(6)9-3/h18-23,28-29,74-78,83H,7-17,24-27,30-73H2,1-6H3,(H,88,89)(H,90,91)/b20-18-,21-19-,28-22-,29-23-/t75?,76-,77-,78-/m1/s1. The Morgan fingerprint density at radius 3 is 0.881 bits per heavy atom. The number of phosphoric ester groups is 2. The molecule has 17 nitrogen and oxygen atoms in total. The third kappa shape index (κ3) is 73.7. The van der Waals surface area contributed by atoms with Gasteiger partial charge in [-0.3, -0.25) is 37.3 Å². The number of carbonyl (C=O) groups is 4. The highest BCUT2D eigenvalue weighted by molar-refractivity contribution is 7.47. The van der Waals surface area contributed by atoms with Gasteiger partial charge < -0.3 is 33.8 Å². The van der Waals surface area contributed by atoms with Crippen molar-refractivity contribution in [2.24, 2.45) is 11.8 Å². The fourth-order valence-electron chi connectivity index (χ4n) is 11.6. The van der Waals surface area contributed by atoms with Crippen LogP contribution in [0, 0.1) is 11.8 Å². The Hall–Kier alpha value is -2.98. The Bertz CT molecular complexity index is 2130. The van der Waals surface area contributed by atoms with E-state index in [4.69, 9.17) is 37.0 Å². The Kier molecular flexibility index (Phi) is 70.4. The first-order valence-corrected chi connectivity index (χ1v) is 44.2. The van der Waals surface area contributed by atoms with Crippen LogP contribution in [0.1, 0.15) is 382 Å². The van der Waals surface area contributed by atoms with Gasteiger partial charge >= 0.3 is 39.5 Å². The highest BCUT2D eigenvalue weighted by atomic mass is 31.2. The van der Waals surface area contributed by atoms with Gasteiger partial charge in [0.1, 0.15) is 19.3 Å². The summed E-state index contributed by atoms with van der Waals surface area (Å²) in [4.78, 5) is 72.9. The molecule has 0 saturated carbocycles. The van der Waals surface area contributed by atoms with E-state index in [9.17, 15) is 43.2 Å². The molecule has 19 heteroatoms. The Labute approximate surface area is 617 Å². The molecule has 0 heterocycles. The summed E-state index contributed by atoms with van der Waals surface area (Å²) in [7, 11) is -9.94. The van der Waals surface area contributed by atoms with Crippen LogP contribution >= 0.6 is 15.6 Å². The van der Waals surface area contributed by atoms with Crippen molar-refractivity contribution in [1.82, 2.24) is 0 Å². The summed E-state index contributed by atoms with van der Waals surface area (Å²) in [6.07, 6.45) is 68.4. The topological polar surface area (TPSA) is 237 Å². The van der Waals surface area contributed by atoms with Gasteiger partial charge in [-0.2, -0.15) is 0 Å². The number of carbonyl (C=O) groups excluding carboxylic acids is 4. The molecule has 0 radical (unpaired) electrons. The molecule has 3 unspecified atom stereocenters. The van der Waals surface area contributed by atoms with Gasteiger partial charge in [-0.15, -0.1) is 0 Å². The lowest BCUT2D eigenvalue weighted by Crippen LogP contribution is -2.30.